The molecule has 8 nitrogen and oxygen atoms in total. The molecule has 0 aliphatic carbocycles. The van der Waals surface area contributed by atoms with Gasteiger partial charge in [0.25, 0.3) is 0 Å². The molecule has 0 radical (unpaired) electrons. The van der Waals surface area contributed by atoms with Crippen LogP contribution in [0.15, 0.2) is 35.0 Å². The van der Waals surface area contributed by atoms with Gasteiger partial charge in [0.1, 0.15) is 0 Å². The number of hydrogen-bond acceptors (Lipinski definition) is 8. The van der Waals surface area contributed by atoms with Crippen molar-refractivity contribution in [1.82, 2.24) is 20.4 Å². The molecule has 2 atom stereocenters. The second kappa shape index (κ2) is 15.6. The maximum atomic E-state index is 12.5. The van der Waals surface area contributed by atoms with Crippen molar-refractivity contribution in [3.8, 4) is 0 Å². The first-order chi connectivity index (χ1) is 18.2. The summed E-state index contributed by atoms with van der Waals surface area (Å²) < 4.78 is 11.0. The first kappa shape index (κ1) is 28.2. The molecule has 2 aromatic rings. The number of morpholine rings is 2. The molecule has 0 unspecified atom stereocenters. The van der Waals surface area contributed by atoms with Crippen molar-refractivity contribution in [2.45, 2.75) is 44.2 Å². The third-order valence-electron chi connectivity index (χ3n) is 7.01. The Bertz CT molecular complexity index is 839. The highest BCUT2D eigenvalue weighted by atomic mass is 32.1. The fourth-order valence-corrected chi connectivity index (χ4v) is 6.63. The Balaban J connectivity index is 1.10. The molecule has 4 rings (SSSR count). The summed E-state index contributed by atoms with van der Waals surface area (Å²) in [6.07, 6.45) is 3.47. The lowest BCUT2D eigenvalue weighted by Gasteiger charge is -2.34. The van der Waals surface area contributed by atoms with Gasteiger partial charge in [-0.2, -0.15) is 0 Å². The molecule has 4 heterocycles. The Morgan fingerprint density at radius 2 is 1.16 bits per heavy atom. The molecule has 0 spiro atoms. The van der Waals surface area contributed by atoms with Crippen molar-refractivity contribution in [3.05, 3.63) is 44.8 Å². The summed E-state index contributed by atoms with van der Waals surface area (Å²) in [5.74, 6) is 0.173. The van der Waals surface area contributed by atoms with Crippen molar-refractivity contribution in [1.29, 1.82) is 0 Å². The number of carbonyl (C=O) groups excluding carboxylic acids is 2. The van der Waals surface area contributed by atoms with Gasteiger partial charge in [-0.1, -0.05) is 18.6 Å². The van der Waals surface area contributed by atoms with Crippen LogP contribution in [0.25, 0.3) is 0 Å². The van der Waals surface area contributed by atoms with Crippen LogP contribution in [-0.4, -0.2) is 87.3 Å². The standard InChI is InChI=1S/C27H40N4O4S2/c32-26(28-20-22(24-6-4-18-36-24)30-10-14-34-15-11-30)8-2-1-3-9-27(33)29-21-23(25-7-5-19-37-25)31-12-16-35-17-13-31/h4-7,18-19,22-23H,1-3,8-17,20-21H2,(H,28,32)(H,29,33)/t22-,23+. The van der Waals surface area contributed by atoms with E-state index in [4.69, 9.17) is 9.47 Å². The van der Waals surface area contributed by atoms with Gasteiger partial charge in [-0.15, -0.1) is 22.7 Å². The molecule has 2 amide bonds. The highest BCUT2D eigenvalue weighted by Gasteiger charge is 2.25. The van der Waals surface area contributed by atoms with Crippen LogP contribution in [0, 0.1) is 0 Å². The third-order valence-corrected chi connectivity index (χ3v) is 8.96. The molecular weight excluding hydrogens is 508 g/mol. The van der Waals surface area contributed by atoms with Crippen LogP contribution in [-0.2, 0) is 19.1 Å². The molecule has 0 aromatic carbocycles. The highest BCUT2D eigenvalue weighted by Crippen LogP contribution is 2.26. The molecular formula is C27H40N4O4S2. The van der Waals surface area contributed by atoms with Gasteiger partial charge < -0.3 is 20.1 Å². The van der Waals surface area contributed by atoms with Crippen molar-refractivity contribution in [2.75, 3.05) is 65.7 Å². The first-order valence-electron chi connectivity index (χ1n) is 13.4. The van der Waals surface area contributed by atoms with Crippen LogP contribution in [0.5, 0.6) is 0 Å². The van der Waals surface area contributed by atoms with Crippen LogP contribution in [0.2, 0.25) is 0 Å². The van der Waals surface area contributed by atoms with E-state index in [0.717, 1.165) is 71.9 Å². The molecule has 2 fully saturated rings. The SMILES string of the molecule is O=C(CCCCCC(=O)NC[C@@H](c1cccs1)N1CCOCC1)NC[C@H](c1cccs1)N1CCOCC1. The molecule has 2 aliphatic rings. The zero-order chi connectivity index (χ0) is 25.7. The molecule has 10 heteroatoms. The van der Waals surface area contributed by atoms with E-state index in [1.807, 2.05) is 0 Å². The molecule has 2 aliphatic heterocycles. The Labute approximate surface area is 228 Å². The number of rotatable bonds is 14. The van der Waals surface area contributed by atoms with Crippen LogP contribution in [0.1, 0.15) is 53.9 Å². The Kier molecular flexibility index (Phi) is 11.9. The lowest BCUT2D eigenvalue weighted by atomic mass is 10.1. The van der Waals surface area contributed by atoms with E-state index in [-0.39, 0.29) is 23.9 Å². The highest BCUT2D eigenvalue weighted by molar-refractivity contribution is 7.10. The van der Waals surface area contributed by atoms with Crippen LogP contribution < -0.4 is 10.6 Å². The fraction of sp³-hybridized carbons (Fsp3) is 0.630. The summed E-state index contributed by atoms with van der Waals surface area (Å²) in [4.78, 5) is 32.3. The van der Waals surface area contributed by atoms with Crippen LogP contribution in [0.4, 0.5) is 0 Å². The summed E-state index contributed by atoms with van der Waals surface area (Å²) in [5, 5.41) is 10.5. The number of nitrogens with zero attached hydrogens (tertiary/aromatic N) is 2. The number of carbonyl (C=O) groups is 2. The smallest absolute Gasteiger partial charge is 0.220 e. The van der Waals surface area contributed by atoms with Crippen LogP contribution >= 0.6 is 22.7 Å². The zero-order valence-corrected chi connectivity index (χ0v) is 23.2. The zero-order valence-electron chi connectivity index (χ0n) is 21.6. The third kappa shape index (κ3) is 9.15. The van der Waals surface area contributed by atoms with Gasteiger partial charge in [-0.25, -0.2) is 0 Å². The van der Waals surface area contributed by atoms with Crippen LogP contribution in [0.3, 0.4) is 0 Å². The van der Waals surface area contributed by atoms with E-state index >= 15 is 0 Å². The number of amides is 2. The topological polar surface area (TPSA) is 83.1 Å². The van der Waals surface area contributed by atoms with Gasteiger partial charge >= 0.3 is 0 Å². The maximum Gasteiger partial charge on any atom is 0.220 e. The van der Waals surface area contributed by atoms with Gasteiger partial charge in [0.2, 0.25) is 11.8 Å². The van der Waals surface area contributed by atoms with Crippen molar-refractivity contribution >= 4 is 34.5 Å². The summed E-state index contributed by atoms with van der Waals surface area (Å²) >= 11 is 3.47. The summed E-state index contributed by atoms with van der Waals surface area (Å²) in [6.45, 7) is 7.77. The molecule has 2 N–H and O–H groups in total. The average molecular weight is 549 g/mol. The largest absolute Gasteiger partial charge is 0.379 e. The van der Waals surface area contributed by atoms with E-state index < -0.39 is 0 Å². The normalized spacial score (nSPS) is 18.8. The van der Waals surface area contributed by atoms with E-state index in [0.29, 0.717) is 25.9 Å². The molecule has 2 saturated heterocycles. The maximum absolute atomic E-state index is 12.5. The molecule has 0 saturated carbocycles. The molecule has 2 aromatic heterocycles. The van der Waals surface area contributed by atoms with Gasteiger partial charge in [-0.3, -0.25) is 19.4 Å². The number of unbranched alkanes of at least 4 members (excludes halogenated alkanes) is 2. The number of nitrogens with one attached hydrogen (secondary N) is 2. The lowest BCUT2D eigenvalue weighted by molar-refractivity contribution is -0.122. The van der Waals surface area contributed by atoms with E-state index in [2.05, 4.69) is 55.5 Å². The predicted molar refractivity (Wildman–Crippen MR) is 148 cm³/mol. The minimum Gasteiger partial charge on any atom is -0.379 e. The van der Waals surface area contributed by atoms with Crippen molar-refractivity contribution in [2.24, 2.45) is 0 Å². The minimum atomic E-state index is 0.0866. The van der Waals surface area contributed by atoms with E-state index in [9.17, 15) is 9.59 Å². The quantitative estimate of drug-likeness (QED) is 0.352. The fourth-order valence-electron chi connectivity index (χ4n) is 4.91. The Morgan fingerprint density at radius 3 is 1.54 bits per heavy atom. The van der Waals surface area contributed by atoms with Gasteiger partial charge in [0, 0.05) is 61.9 Å². The molecule has 0 bridgehead atoms. The van der Waals surface area contributed by atoms with Crippen molar-refractivity contribution in [3.63, 3.8) is 0 Å². The monoisotopic (exact) mass is 548 g/mol. The predicted octanol–water partition coefficient (Wildman–Crippen LogP) is 3.44. The minimum absolute atomic E-state index is 0.0866. The Hall–Kier alpha value is -1.82. The summed E-state index contributed by atoms with van der Waals surface area (Å²) in [6, 6.07) is 8.82. The molecule has 204 valence electrons. The Morgan fingerprint density at radius 1 is 0.730 bits per heavy atom. The number of ether oxygens (including phenoxy) is 2. The van der Waals surface area contributed by atoms with Gasteiger partial charge in [0.15, 0.2) is 0 Å². The second-order valence-corrected chi connectivity index (χ2v) is 11.5. The number of hydrogen-bond donors (Lipinski definition) is 2. The second-order valence-electron chi connectivity index (χ2n) is 9.53. The lowest BCUT2D eigenvalue weighted by Crippen LogP contribution is -2.43. The van der Waals surface area contributed by atoms with E-state index in [1.165, 1.54) is 9.75 Å². The van der Waals surface area contributed by atoms with Gasteiger partial charge in [-0.05, 0) is 35.7 Å². The number of thiophene rings is 2. The van der Waals surface area contributed by atoms with Gasteiger partial charge in [0.05, 0.1) is 38.5 Å². The summed E-state index contributed by atoms with van der Waals surface area (Å²) in [5.41, 5.74) is 0. The average Bonchev–Trinajstić information content (AvgIpc) is 3.65. The molecule has 37 heavy (non-hydrogen) atoms. The van der Waals surface area contributed by atoms with E-state index in [1.54, 1.807) is 22.7 Å². The summed E-state index contributed by atoms with van der Waals surface area (Å²) in [7, 11) is 0. The van der Waals surface area contributed by atoms with Crippen molar-refractivity contribution < 1.29 is 19.1 Å². The first-order valence-corrected chi connectivity index (χ1v) is 15.2.